The molecule has 0 bridgehead atoms. The molecule has 3 heterocycles. The largest absolute Gasteiger partial charge is 0.388 e. The number of ether oxygens (including phenoxy) is 1. The average Bonchev–Trinajstić information content (AvgIpc) is 3.13. The topological polar surface area (TPSA) is 130 Å². The fourth-order valence-electron chi connectivity index (χ4n) is 1.32. The number of H-pyrrole nitrogens is 1. The highest BCUT2D eigenvalue weighted by Gasteiger charge is 2.22. The fourth-order valence-corrected chi connectivity index (χ4v) is 1.32. The third-order valence-electron chi connectivity index (χ3n) is 2.27. The van der Waals surface area contributed by atoms with Crippen molar-refractivity contribution in [2.75, 3.05) is 31.5 Å². The van der Waals surface area contributed by atoms with Gasteiger partial charge in [0.2, 0.25) is 0 Å². The van der Waals surface area contributed by atoms with Gasteiger partial charge in [0, 0.05) is 0 Å². The molecule has 126 valence electrons. The van der Waals surface area contributed by atoms with E-state index in [0.717, 1.165) is 0 Å². The minimum atomic E-state index is -0.653. The van der Waals surface area contributed by atoms with Gasteiger partial charge in [-0.1, -0.05) is 13.8 Å². The van der Waals surface area contributed by atoms with E-state index in [2.05, 4.69) is 24.7 Å². The number of thioether (sulfide) groups is 1. The highest BCUT2D eigenvalue weighted by Crippen LogP contribution is 2.09. The summed E-state index contributed by atoms with van der Waals surface area (Å²) in [5.41, 5.74) is 6.78. The molecule has 2 unspecified atom stereocenters. The van der Waals surface area contributed by atoms with Crippen molar-refractivity contribution in [3.63, 3.8) is 0 Å². The summed E-state index contributed by atoms with van der Waals surface area (Å²) in [7, 11) is 0. The number of imidazole rings is 1. The number of nitrogens with two attached hydrogens (primary N) is 1. The van der Waals surface area contributed by atoms with Crippen molar-refractivity contribution in [2.45, 2.75) is 26.1 Å². The van der Waals surface area contributed by atoms with Gasteiger partial charge in [-0.25, -0.2) is 15.0 Å². The molecule has 22 heavy (non-hydrogen) atoms. The summed E-state index contributed by atoms with van der Waals surface area (Å²) in [6.45, 7) is 4.56. The van der Waals surface area contributed by atoms with Gasteiger partial charge in [0.15, 0.2) is 11.5 Å². The number of hydrogen-bond donors (Lipinski definition) is 4. The maximum Gasteiger partial charge on any atom is 0.182 e. The van der Waals surface area contributed by atoms with Crippen LogP contribution in [0.25, 0.3) is 11.2 Å². The van der Waals surface area contributed by atoms with Crippen molar-refractivity contribution < 1.29 is 14.9 Å². The zero-order chi connectivity index (χ0) is 17.0. The van der Waals surface area contributed by atoms with E-state index in [-0.39, 0.29) is 13.2 Å². The van der Waals surface area contributed by atoms with Crippen LogP contribution in [0.4, 0.5) is 5.82 Å². The van der Waals surface area contributed by atoms with Gasteiger partial charge in [-0.05, 0) is 12.5 Å². The molecule has 0 saturated carbocycles. The van der Waals surface area contributed by atoms with Crippen LogP contribution in [0.2, 0.25) is 0 Å². The van der Waals surface area contributed by atoms with Crippen LogP contribution in [0.15, 0.2) is 12.7 Å². The minimum absolute atomic E-state index is 0.279. The van der Waals surface area contributed by atoms with Crippen molar-refractivity contribution in [2.24, 2.45) is 0 Å². The Bertz CT molecular complexity index is 503. The molecule has 8 nitrogen and oxygen atoms in total. The van der Waals surface area contributed by atoms with E-state index in [4.69, 9.17) is 15.9 Å². The lowest BCUT2D eigenvalue weighted by atomic mass is 10.3. The molecular formula is C13H25N5O3S. The first-order valence-corrected chi connectivity index (χ1v) is 8.47. The predicted octanol–water partition coefficient (Wildman–Crippen LogP) is 0.679. The molecule has 0 aliphatic carbocycles. The Labute approximate surface area is 134 Å². The molecule has 0 aromatic carbocycles. The predicted molar refractivity (Wildman–Crippen MR) is 89.7 cm³/mol. The smallest absolute Gasteiger partial charge is 0.182 e. The third-order valence-corrected chi connectivity index (χ3v) is 2.27. The van der Waals surface area contributed by atoms with Crippen molar-refractivity contribution >= 4 is 28.7 Å². The van der Waals surface area contributed by atoms with Crippen LogP contribution < -0.4 is 5.73 Å². The molecule has 2 atom stereocenters. The summed E-state index contributed by atoms with van der Waals surface area (Å²) in [5.74, 6) is 0.433. The Morgan fingerprint density at radius 1 is 1.18 bits per heavy atom. The van der Waals surface area contributed by atoms with E-state index < -0.39 is 12.2 Å². The zero-order valence-corrected chi connectivity index (χ0v) is 14.2. The monoisotopic (exact) mass is 331 g/mol. The number of nitrogens with one attached hydrogen (secondary N) is 1. The molecule has 9 heteroatoms. The molecule has 0 amide bonds. The summed E-state index contributed by atoms with van der Waals surface area (Å²) in [4.78, 5) is 14.4. The van der Waals surface area contributed by atoms with Crippen LogP contribution in [0, 0.1) is 0 Å². The second-order valence-electron chi connectivity index (χ2n) is 3.94. The minimum Gasteiger partial charge on any atom is -0.388 e. The Kier molecular flexibility index (Phi) is 11.4. The van der Waals surface area contributed by atoms with E-state index in [1.54, 1.807) is 11.8 Å². The summed E-state index contributed by atoms with van der Waals surface area (Å²) < 4.78 is 4.67. The molecule has 1 aliphatic heterocycles. The Morgan fingerprint density at radius 2 is 1.73 bits per heavy atom. The second kappa shape index (κ2) is 12.2. The number of nitrogens with zero attached hydrogens (tertiary/aromatic N) is 3. The van der Waals surface area contributed by atoms with Crippen LogP contribution >= 0.6 is 11.8 Å². The van der Waals surface area contributed by atoms with Crippen molar-refractivity contribution in [3.8, 4) is 0 Å². The first kappa shape index (κ1) is 20.6. The fraction of sp³-hybridized carbons (Fsp3) is 0.615. The van der Waals surface area contributed by atoms with E-state index in [9.17, 15) is 0 Å². The lowest BCUT2D eigenvalue weighted by molar-refractivity contribution is 0.0572. The van der Waals surface area contributed by atoms with Gasteiger partial charge in [-0.15, -0.1) is 0 Å². The first-order valence-electron chi connectivity index (χ1n) is 6.83. The van der Waals surface area contributed by atoms with Gasteiger partial charge < -0.3 is 25.7 Å². The molecular weight excluding hydrogens is 306 g/mol. The molecule has 1 fully saturated rings. The SMILES string of the molecule is CC.CSC.Nc1ncnc2nc[nH]c12.OC1COCC1O. The number of aromatic amines is 1. The van der Waals surface area contributed by atoms with E-state index >= 15 is 0 Å². The van der Waals surface area contributed by atoms with Crippen LogP contribution in [0.1, 0.15) is 13.8 Å². The molecule has 5 N–H and O–H groups in total. The maximum absolute atomic E-state index is 8.62. The summed E-state index contributed by atoms with van der Waals surface area (Å²) in [5, 5.41) is 17.2. The van der Waals surface area contributed by atoms with Gasteiger partial charge in [0.25, 0.3) is 0 Å². The highest BCUT2D eigenvalue weighted by atomic mass is 32.2. The number of aliphatic hydroxyl groups excluding tert-OH is 2. The summed E-state index contributed by atoms with van der Waals surface area (Å²) in [6, 6.07) is 0. The molecule has 2 aromatic rings. The Hall–Kier alpha value is -1.42. The second-order valence-corrected chi connectivity index (χ2v) is 4.76. The van der Waals surface area contributed by atoms with Crippen LogP contribution in [-0.4, -0.2) is 68.1 Å². The van der Waals surface area contributed by atoms with Crippen LogP contribution in [0.5, 0.6) is 0 Å². The quantitative estimate of drug-likeness (QED) is 0.554. The molecule has 0 spiro atoms. The van der Waals surface area contributed by atoms with Crippen LogP contribution in [0.3, 0.4) is 0 Å². The van der Waals surface area contributed by atoms with Crippen molar-refractivity contribution in [1.82, 2.24) is 19.9 Å². The number of hydrogen-bond acceptors (Lipinski definition) is 8. The van der Waals surface area contributed by atoms with E-state index in [0.29, 0.717) is 17.0 Å². The molecule has 3 rings (SSSR count). The van der Waals surface area contributed by atoms with E-state index in [1.807, 2.05) is 26.4 Å². The van der Waals surface area contributed by atoms with Gasteiger partial charge in [-0.2, -0.15) is 11.8 Å². The Morgan fingerprint density at radius 3 is 2.14 bits per heavy atom. The summed E-state index contributed by atoms with van der Waals surface area (Å²) in [6.07, 6.45) is 5.70. The number of rotatable bonds is 0. The normalized spacial score (nSPS) is 19.2. The van der Waals surface area contributed by atoms with Gasteiger partial charge in [-0.3, -0.25) is 0 Å². The zero-order valence-electron chi connectivity index (χ0n) is 13.4. The highest BCUT2D eigenvalue weighted by molar-refractivity contribution is 7.97. The summed E-state index contributed by atoms with van der Waals surface area (Å²) >= 11 is 1.75. The van der Waals surface area contributed by atoms with Gasteiger partial charge in [0.1, 0.15) is 24.1 Å². The van der Waals surface area contributed by atoms with Crippen molar-refractivity contribution in [1.29, 1.82) is 0 Å². The average molecular weight is 331 g/mol. The Balaban J connectivity index is 0.000000323. The molecule has 0 radical (unpaired) electrons. The van der Waals surface area contributed by atoms with Crippen molar-refractivity contribution in [3.05, 3.63) is 12.7 Å². The first-order chi connectivity index (χ1) is 10.6. The van der Waals surface area contributed by atoms with Crippen LogP contribution in [-0.2, 0) is 4.74 Å². The lowest BCUT2D eigenvalue weighted by Gasteiger charge is -2.00. The number of aliphatic hydroxyl groups is 2. The number of aromatic nitrogens is 4. The number of anilines is 1. The van der Waals surface area contributed by atoms with Gasteiger partial charge >= 0.3 is 0 Å². The standard InChI is InChI=1S/C5H5N5.C4H8O3.C2H6S.C2H6/c6-4-3-5(9-1-7-3)10-2-8-4;5-3-1-7-2-4(3)6;1-3-2;1-2/h1-2H,(H3,6,7,8,9,10);3-6H,1-2H2;1-2H3;1-2H3. The van der Waals surface area contributed by atoms with Gasteiger partial charge in [0.05, 0.1) is 19.5 Å². The maximum atomic E-state index is 8.62. The molecule has 1 aliphatic rings. The molecule has 1 saturated heterocycles. The lowest BCUT2D eigenvalue weighted by Crippen LogP contribution is -2.22. The van der Waals surface area contributed by atoms with E-state index in [1.165, 1.54) is 12.7 Å². The number of nitrogen functional groups attached to an aromatic ring is 1. The number of fused-ring (bicyclic) bond motifs is 1. The third kappa shape index (κ3) is 7.03. The molecule has 2 aromatic heterocycles.